The first-order valence-corrected chi connectivity index (χ1v) is 9.92. The minimum Gasteiger partial charge on any atom is -0.497 e. The summed E-state index contributed by atoms with van der Waals surface area (Å²) in [4.78, 5) is 4.61. The minimum absolute atomic E-state index is 0.120. The van der Waals surface area contributed by atoms with Crippen LogP contribution in [0, 0.1) is 11.6 Å². The average molecular weight is 385 g/mol. The standard InChI is InChI=1S/C22H25F2N3O/c1-3-15-10-7-11-19-26-21(20-17(23)12-16(28-2)13-18(20)24)22(27(15)19)25-14-8-5-4-6-9-14/h7,10-14,25H,3-6,8-9H2,1-2H3. The summed E-state index contributed by atoms with van der Waals surface area (Å²) in [5.41, 5.74) is 1.92. The van der Waals surface area contributed by atoms with E-state index in [0.717, 1.165) is 37.8 Å². The Morgan fingerprint density at radius 1 is 1.14 bits per heavy atom. The number of aromatic nitrogens is 2. The number of benzene rings is 1. The van der Waals surface area contributed by atoms with Crippen molar-refractivity contribution >= 4 is 11.5 Å². The predicted molar refractivity (Wildman–Crippen MR) is 107 cm³/mol. The maximum atomic E-state index is 14.9. The number of nitrogens with one attached hydrogen (secondary N) is 1. The third kappa shape index (κ3) is 3.32. The first kappa shape index (κ1) is 18.7. The maximum absolute atomic E-state index is 14.9. The summed E-state index contributed by atoms with van der Waals surface area (Å²) in [6, 6.07) is 8.50. The fraction of sp³-hybridized carbons (Fsp3) is 0.409. The molecule has 1 aliphatic carbocycles. The van der Waals surface area contributed by atoms with Crippen molar-refractivity contribution in [3.05, 3.63) is 47.7 Å². The number of halogens is 2. The molecular formula is C22H25F2N3O. The fourth-order valence-electron chi connectivity index (χ4n) is 4.08. The van der Waals surface area contributed by atoms with Gasteiger partial charge in [-0.3, -0.25) is 4.40 Å². The van der Waals surface area contributed by atoms with Crippen LogP contribution in [-0.4, -0.2) is 22.5 Å². The highest BCUT2D eigenvalue weighted by atomic mass is 19.1. The average Bonchev–Trinajstić information content (AvgIpc) is 3.06. The smallest absolute Gasteiger partial charge is 0.139 e. The highest BCUT2D eigenvalue weighted by molar-refractivity contribution is 5.78. The normalized spacial score (nSPS) is 15.1. The van der Waals surface area contributed by atoms with E-state index in [-0.39, 0.29) is 17.4 Å². The molecule has 28 heavy (non-hydrogen) atoms. The molecule has 1 saturated carbocycles. The summed E-state index contributed by atoms with van der Waals surface area (Å²) in [7, 11) is 1.39. The molecule has 2 heterocycles. The quantitative estimate of drug-likeness (QED) is 0.622. The number of nitrogens with zero attached hydrogens (tertiary/aromatic N) is 2. The Labute approximate surface area is 163 Å². The van der Waals surface area contributed by atoms with Gasteiger partial charge < -0.3 is 10.1 Å². The van der Waals surface area contributed by atoms with Gasteiger partial charge in [0.25, 0.3) is 0 Å². The lowest BCUT2D eigenvalue weighted by molar-refractivity contribution is 0.407. The van der Waals surface area contributed by atoms with Crippen LogP contribution in [0.15, 0.2) is 30.3 Å². The molecule has 6 heteroatoms. The van der Waals surface area contributed by atoms with Gasteiger partial charge in [-0.2, -0.15) is 0 Å². The molecule has 148 valence electrons. The van der Waals surface area contributed by atoms with Crippen LogP contribution in [0.5, 0.6) is 5.75 Å². The number of anilines is 1. The highest BCUT2D eigenvalue weighted by Crippen LogP contribution is 2.36. The Kier molecular flexibility index (Phi) is 5.20. The van der Waals surface area contributed by atoms with Crippen LogP contribution in [0.4, 0.5) is 14.6 Å². The fourth-order valence-corrected chi connectivity index (χ4v) is 4.08. The molecule has 3 aromatic rings. The number of fused-ring (bicyclic) bond motifs is 1. The molecule has 0 aliphatic heterocycles. The zero-order chi connectivity index (χ0) is 19.7. The van der Waals surface area contributed by atoms with Crippen LogP contribution >= 0.6 is 0 Å². The maximum Gasteiger partial charge on any atom is 0.139 e. The molecule has 0 amide bonds. The number of ether oxygens (including phenoxy) is 1. The highest BCUT2D eigenvalue weighted by Gasteiger charge is 2.25. The minimum atomic E-state index is -0.676. The van der Waals surface area contributed by atoms with E-state index in [1.54, 1.807) is 0 Å². The summed E-state index contributed by atoms with van der Waals surface area (Å²) in [6.07, 6.45) is 6.45. The second-order valence-electron chi connectivity index (χ2n) is 7.32. The van der Waals surface area contributed by atoms with E-state index >= 15 is 0 Å². The number of pyridine rings is 1. The molecule has 4 rings (SSSR count). The monoisotopic (exact) mass is 385 g/mol. The van der Waals surface area contributed by atoms with Crippen molar-refractivity contribution in [1.82, 2.24) is 9.38 Å². The van der Waals surface area contributed by atoms with Crippen molar-refractivity contribution in [3.63, 3.8) is 0 Å². The molecule has 0 unspecified atom stereocenters. The summed E-state index contributed by atoms with van der Waals surface area (Å²) >= 11 is 0. The first-order chi connectivity index (χ1) is 13.6. The number of aryl methyl sites for hydroxylation is 1. The van der Waals surface area contributed by atoms with E-state index in [2.05, 4.69) is 17.2 Å². The molecule has 1 fully saturated rings. The van der Waals surface area contributed by atoms with Crippen molar-refractivity contribution < 1.29 is 13.5 Å². The van der Waals surface area contributed by atoms with Crippen molar-refractivity contribution in [1.29, 1.82) is 0 Å². The Morgan fingerprint density at radius 3 is 2.50 bits per heavy atom. The summed E-state index contributed by atoms with van der Waals surface area (Å²) in [5, 5.41) is 3.56. The van der Waals surface area contributed by atoms with E-state index in [1.807, 2.05) is 22.6 Å². The van der Waals surface area contributed by atoms with E-state index in [0.29, 0.717) is 17.2 Å². The Hall–Kier alpha value is -2.63. The largest absolute Gasteiger partial charge is 0.497 e. The van der Waals surface area contributed by atoms with Crippen LogP contribution in [0.3, 0.4) is 0 Å². The van der Waals surface area contributed by atoms with Gasteiger partial charge in [-0.1, -0.05) is 32.3 Å². The Bertz CT molecular complexity index is 970. The van der Waals surface area contributed by atoms with Crippen molar-refractivity contribution in [3.8, 4) is 17.0 Å². The van der Waals surface area contributed by atoms with Gasteiger partial charge >= 0.3 is 0 Å². The zero-order valence-corrected chi connectivity index (χ0v) is 16.3. The summed E-state index contributed by atoms with van der Waals surface area (Å²) < 4.78 is 36.7. The summed E-state index contributed by atoms with van der Waals surface area (Å²) in [5.74, 6) is -0.532. The second-order valence-corrected chi connectivity index (χ2v) is 7.32. The van der Waals surface area contributed by atoms with E-state index in [9.17, 15) is 8.78 Å². The molecule has 0 spiro atoms. The molecule has 1 N–H and O–H groups in total. The molecule has 1 aromatic carbocycles. The number of methoxy groups -OCH3 is 1. The van der Waals surface area contributed by atoms with Crippen LogP contribution < -0.4 is 10.1 Å². The number of hydrogen-bond acceptors (Lipinski definition) is 3. The molecule has 0 atom stereocenters. The lowest BCUT2D eigenvalue weighted by Crippen LogP contribution is -2.23. The second kappa shape index (κ2) is 7.78. The first-order valence-electron chi connectivity index (χ1n) is 9.92. The van der Waals surface area contributed by atoms with Gasteiger partial charge in [-0.15, -0.1) is 0 Å². The SMILES string of the molecule is CCc1cccc2nc(-c3c(F)cc(OC)cc3F)c(NC3CCCCC3)n12. The molecule has 2 aromatic heterocycles. The van der Waals surface area contributed by atoms with Gasteiger partial charge in [0.15, 0.2) is 0 Å². The van der Waals surface area contributed by atoms with Gasteiger partial charge in [-0.05, 0) is 31.4 Å². The van der Waals surface area contributed by atoms with Crippen molar-refractivity contribution in [2.45, 2.75) is 51.5 Å². The topological polar surface area (TPSA) is 38.6 Å². The van der Waals surface area contributed by atoms with Gasteiger partial charge in [0, 0.05) is 23.9 Å². The number of imidazole rings is 1. The van der Waals surface area contributed by atoms with Crippen molar-refractivity contribution in [2.75, 3.05) is 12.4 Å². The molecule has 0 radical (unpaired) electrons. The van der Waals surface area contributed by atoms with Crippen LogP contribution in [-0.2, 0) is 6.42 Å². The lowest BCUT2D eigenvalue weighted by atomic mass is 9.95. The van der Waals surface area contributed by atoms with Gasteiger partial charge in [0.05, 0.1) is 12.7 Å². The number of rotatable bonds is 5. The number of hydrogen-bond donors (Lipinski definition) is 1. The van der Waals surface area contributed by atoms with Crippen molar-refractivity contribution in [2.24, 2.45) is 0 Å². The van der Waals surface area contributed by atoms with Crippen LogP contribution in [0.25, 0.3) is 16.9 Å². The molecule has 0 bridgehead atoms. The van der Waals surface area contributed by atoms with E-state index < -0.39 is 11.6 Å². The lowest BCUT2D eigenvalue weighted by Gasteiger charge is -2.24. The van der Waals surface area contributed by atoms with Gasteiger partial charge in [-0.25, -0.2) is 13.8 Å². The van der Waals surface area contributed by atoms with Crippen LogP contribution in [0.1, 0.15) is 44.7 Å². The van der Waals surface area contributed by atoms with Gasteiger partial charge in [0.1, 0.15) is 34.5 Å². The van der Waals surface area contributed by atoms with E-state index in [1.165, 1.54) is 25.7 Å². The summed E-state index contributed by atoms with van der Waals surface area (Å²) in [6.45, 7) is 2.06. The molecule has 1 aliphatic rings. The van der Waals surface area contributed by atoms with Crippen LogP contribution in [0.2, 0.25) is 0 Å². The molecule has 0 saturated heterocycles. The zero-order valence-electron chi connectivity index (χ0n) is 16.3. The third-order valence-corrected chi connectivity index (χ3v) is 5.52. The van der Waals surface area contributed by atoms with Gasteiger partial charge in [0.2, 0.25) is 0 Å². The molecular weight excluding hydrogens is 360 g/mol. The third-order valence-electron chi connectivity index (χ3n) is 5.52. The Morgan fingerprint density at radius 2 is 1.86 bits per heavy atom. The molecule has 4 nitrogen and oxygen atoms in total. The predicted octanol–water partition coefficient (Wildman–Crippen LogP) is 5.60. The Balaban J connectivity index is 1.92. The van der Waals surface area contributed by atoms with E-state index in [4.69, 9.17) is 4.74 Å².